The number of ether oxygens (including phenoxy) is 1. The molecule has 0 aromatic heterocycles. The molecule has 1 unspecified atom stereocenters. The molecule has 0 spiro atoms. The highest BCUT2D eigenvalue weighted by Crippen LogP contribution is 2.44. The number of hydrogen-bond donors (Lipinski definition) is 0. The van der Waals surface area contributed by atoms with Gasteiger partial charge in [0.2, 0.25) is 0 Å². The summed E-state index contributed by atoms with van der Waals surface area (Å²) in [6, 6.07) is 10.6. The van der Waals surface area contributed by atoms with Gasteiger partial charge in [0.25, 0.3) is 0 Å². The van der Waals surface area contributed by atoms with E-state index in [1.54, 1.807) is 24.3 Å². The van der Waals surface area contributed by atoms with E-state index < -0.39 is 29.6 Å². The molecule has 1 saturated carbocycles. The van der Waals surface area contributed by atoms with Crippen molar-refractivity contribution >= 4 is 0 Å². The van der Waals surface area contributed by atoms with Crippen molar-refractivity contribution < 1.29 is 35.5 Å². The smallest absolute Gasteiger partial charge is 0.406 e. The van der Waals surface area contributed by atoms with Crippen molar-refractivity contribution in [3.8, 4) is 5.75 Å². The summed E-state index contributed by atoms with van der Waals surface area (Å²) in [4.78, 5) is 0. The predicted octanol–water partition coefficient (Wildman–Crippen LogP) is 10.7. The molecular formula is C35H37F7O. The highest BCUT2D eigenvalue weighted by molar-refractivity contribution is 5.39. The van der Waals surface area contributed by atoms with Crippen LogP contribution in [0.1, 0.15) is 104 Å². The zero-order chi connectivity index (χ0) is 30.7. The van der Waals surface area contributed by atoms with Crippen molar-refractivity contribution in [1.29, 1.82) is 0 Å². The second-order valence-corrected chi connectivity index (χ2v) is 12.2. The molecular weight excluding hydrogens is 569 g/mol. The first-order valence-corrected chi connectivity index (χ1v) is 15.3. The summed E-state index contributed by atoms with van der Waals surface area (Å²) in [5.74, 6) is -2.85. The van der Waals surface area contributed by atoms with E-state index in [1.165, 1.54) is 18.2 Å². The lowest BCUT2D eigenvalue weighted by Gasteiger charge is -2.32. The minimum absolute atomic E-state index is 0.103. The molecule has 0 saturated heterocycles. The van der Waals surface area contributed by atoms with Gasteiger partial charge < -0.3 is 4.74 Å². The van der Waals surface area contributed by atoms with Gasteiger partial charge in [-0.2, -0.15) is 0 Å². The van der Waals surface area contributed by atoms with Crippen molar-refractivity contribution in [1.82, 2.24) is 0 Å². The van der Waals surface area contributed by atoms with E-state index in [0.717, 1.165) is 18.4 Å². The van der Waals surface area contributed by atoms with Crippen LogP contribution in [0.15, 0.2) is 42.5 Å². The SMILES string of the molecule is CCCCc1ccc(CCC2CCc3c(cc(F)c(C4CCC(c5ccc(OC(F)(F)F)cc5)CC4)c3F)C2)c(F)c1F. The third kappa shape index (κ3) is 7.38. The Morgan fingerprint density at radius 3 is 2.02 bits per heavy atom. The summed E-state index contributed by atoms with van der Waals surface area (Å²) in [6.07, 6.45) is 2.67. The zero-order valence-corrected chi connectivity index (χ0v) is 24.3. The molecule has 43 heavy (non-hydrogen) atoms. The monoisotopic (exact) mass is 606 g/mol. The number of fused-ring (bicyclic) bond motifs is 1. The summed E-state index contributed by atoms with van der Waals surface area (Å²) in [6.45, 7) is 2.00. The van der Waals surface area contributed by atoms with Crippen LogP contribution in [-0.2, 0) is 25.7 Å². The van der Waals surface area contributed by atoms with E-state index in [2.05, 4.69) is 4.74 Å². The third-order valence-electron chi connectivity index (χ3n) is 9.34. The molecule has 8 heteroatoms. The second kappa shape index (κ2) is 13.3. The van der Waals surface area contributed by atoms with Crippen LogP contribution in [0.5, 0.6) is 5.75 Å². The maximum Gasteiger partial charge on any atom is 0.573 e. The Morgan fingerprint density at radius 2 is 1.40 bits per heavy atom. The Balaban J connectivity index is 1.19. The van der Waals surface area contributed by atoms with Crippen LogP contribution in [0.3, 0.4) is 0 Å². The van der Waals surface area contributed by atoms with E-state index in [9.17, 15) is 22.0 Å². The number of benzene rings is 3. The van der Waals surface area contributed by atoms with Crippen molar-refractivity contribution in [3.05, 3.63) is 99.1 Å². The molecule has 3 aromatic carbocycles. The summed E-state index contributed by atoms with van der Waals surface area (Å²) < 4.78 is 102. The number of aryl methyl sites for hydroxylation is 2. The molecule has 1 fully saturated rings. The van der Waals surface area contributed by atoms with Crippen LogP contribution in [0, 0.1) is 29.2 Å². The third-order valence-corrected chi connectivity index (χ3v) is 9.34. The lowest BCUT2D eigenvalue weighted by Crippen LogP contribution is -2.21. The fourth-order valence-electron chi connectivity index (χ4n) is 6.96. The van der Waals surface area contributed by atoms with Gasteiger partial charge in [-0.15, -0.1) is 13.2 Å². The summed E-state index contributed by atoms with van der Waals surface area (Å²) in [7, 11) is 0. The molecule has 0 aliphatic heterocycles. The molecule has 3 aromatic rings. The summed E-state index contributed by atoms with van der Waals surface area (Å²) in [5.41, 5.74) is 3.00. The first-order valence-electron chi connectivity index (χ1n) is 15.3. The Morgan fingerprint density at radius 1 is 0.767 bits per heavy atom. The van der Waals surface area contributed by atoms with E-state index >= 15 is 8.78 Å². The van der Waals surface area contributed by atoms with Crippen molar-refractivity contribution in [2.45, 2.75) is 102 Å². The van der Waals surface area contributed by atoms with Crippen molar-refractivity contribution in [2.24, 2.45) is 5.92 Å². The van der Waals surface area contributed by atoms with Gasteiger partial charge in [-0.3, -0.25) is 0 Å². The highest BCUT2D eigenvalue weighted by atomic mass is 19.4. The molecule has 5 rings (SSSR count). The first kappa shape index (κ1) is 31.4. The largest absolute Gasteiger partial charge is 0.573 e. The van der Waals surface area contributed by atoms with Gasteiger partial charge in [0.05, 0.1) is 0 Å². The van der Waals surface area contributed by atoms with Gasteiger partial charge in [0.15, 0.2) is 11.6 Å². The Bertz CT molecular complexity index is 1410. The van der Waals surface area contributed by atoms with E-state index in [1.807, 2.05) is 6.92 Å². The Hall–Kier alpha value is -3.03. The normalized spacial score (nSPS) is 20.6. The minimum Gasteiger partial charge on any atom is -0.406 e. The number of unbranched alkanes of at least 4 members (excludes halogenated alkanes) is 1. The van der Waals surface area contributed by atoms with Crippen LogP contribution in [0.25, 0.3) is 0 Å². The number of rotatable bonds is 9. The fourth-order valence-corrected chi connectivity index (χ4v) is 6.96. The van der Waals surface area contributed by atoms with E-state index in [0.29, 0.717) is 86.5 Å². The highest BCUT2D eigenvalue weighted by Gasteiger charge is 2.33. The average Bonchev–Trinajstić information content (AvgIpc) is 2.97. The standard InChI is InChI=1S/C35H37F7O/c1-2-3-4-25-12-13-26(33(38)32(25)37)7-5-21-6-18-29-27(19-21)20-30(36)31(34(29)39)24-10-8-22(9-11-24)23-14-16-28(17-15-23)43-35(40,41)42/h12-17,20-22,24H,2-11,18-19H2,1H3. The van der Waals surface area contributed by atoms with E-state index in [-0.39, 0.29) is 29.1 Å². The minimum atomic E-state index is -4.75. The zero-order valence-electron chi connectivity index (χ0n) is 24.3. The van der Waals surface area contributed by atoms with Gasteiger partial charge in [-0.1, -0.05) is 37.6 Å². The maximum absolute atomic E-state index is 15.8. The Labute approximate surface area is 248 Å². The summed E-state index contributed by atoms with van der Waals surface area (Å²) in [5, 5.41) is 0. The second-order valence-electron chi connectivity index (χ2n) is 12.2. The van der Waals surface area contributed by atoms with Gasteiger partial charge >= 0.3 is 6.36 Å². The average molecular weight is 607 g/mol. The lowest BCUT2D eigenvalue weighted by atomic mass is 9.74. The number of hydrogen-bond acceptors (Lipinski definition) is 1. The first-order chi connectivity index (χ1) is 20.5. The molecule has 1 nitrogen and oxygen atoms in total. The lowest BCUT2D eigenvalue weighted by molar-refractivity contribution is -0.274. The van der Waals surface area contributed by atoms with Crippen molar-refractivity contribution in [3.63, 3.8) is 0 Å². The molecule has 0 radical (unpaired) electrons. The van der Waals surface area contributed by atoms with Gasteiger partial charge in [0, 0.05) is 5.56 Å². The quantitative estimate of drug-likeness (QED) is 0.220. The molecule has 2 aliphatic rings. The van der Waals surface area contributed by atoms with Gasteiger partial charge in [-0.05, 0) is 134 Å². The molecule has 0 heterocycles. The van der Waals surface area contributed by atoms with Crippen LogP contribution in [0.2, 0.25) is 0 Å². The molecule has 1 atom stereocenters. The Kier molecular flexibility index (Phi) is 9.72. The maximum atomic E-state index is 15.8. The molecule has 2 aliphatic carbocycles. The molecule has 232 valence electrons. The molecule has 0 amide bonds. The van der Waals surface area contributed by atoms with Gasteiger partial charge in [-0.25, -0.2) is 17.6 Å². The number of alkyl halides is 3. The van der Waals surface area contributed by atoms with Crippen molar-refractivity contribution in [2.75, 3.05) is 0 Å². The number of halogens is 7. The molecule has 0 N–H and O–H groups in total. The van der Waals surface area contributed by atoms with Crippen LogP contribution in [0.4, 0.5) is 30.7 Å². The molecule has 0 bridgehead atoms. The topological polar surface area (TPSA) is 9.23 Å². The summed E-state index contributed by atoms with van der Waals surface area (Å²) >= 11 is 0. The predicted molar refractivity (Wildman–Crippen MR) is 152 cm³/mol. The van der Waals surface area contributed by atoms with Crippen LogP contribution < -0.4 is 4.74 Å². The van der Waals surface area contributed by atoms with Gasteiger partial charge in [0.1, 0.15) is 17.4 Å². The van der Waals surface area contributed by atoms with E-state index in [4.69, 9.17) is 0 Å². The fraction of sp³-hybridized carbons (Fsp3) is 0.486. The van der Waals surface area contributed by atoms with Crippen LogP contribution >= 0.6 is 0 Å². The van der Waals surface area contributed by atoms with Crippen LogP contribution in [-0.4, -0.2) is 6.36 Å².